The molecule has 0 radical (unpaired) electrons. The van der Waals surface area contributed by atoms with Crippen LogP contribution in [-0.2, 0) is 6.54 Å². The molecule has 0 saturated carbocycles. The van der Waals surface area contributed by atoms with Gasteiger partial charge in [0.05, 0.1) is 0 Å². The number of nitrogens with zero attached hydrogens (tertiary/aromatic N) is 1. The largest absolute Gasteiger partial charge is 0.287 e. The third-order valence-corrected chi connectivity index (χ3v) is 3.70. The molecule has 0 aliphatic carbocycles. The summed E-state index contributed by atoms with van der Waals surface area (Å²) in [5.41, 5.74) is 4.34. The van der Waals surface area contributed by atoms with Crippen LogP contribution in [0.5, 0.6) is 0 Å². The molecule has 1 heterocycles. The van der Waals surface area contributed by atoms with E-state index >= 15 is 0 Å². The van der Waals surface area contributed by atoms with Gasteiger partial charge in [-0.25, -0.2) is 0 Å². The molecular formula is C20H18NO+. The molecule has 2 heteroatoms. The molecule has 1 aromatic heterocycles. The maximum Gasteiger partial charge on any atom is 0.227 e. The number of Topliss-reactive ketones (excluding diaryl/α,β-unsaturated/α-hetero) is 1. The zero-order valence-electron chi connectivity index (χ0n) is 12.6. The van der Waals surface area contributed by atoms with Crippen LogP contribution < -0.4 is 4.57 Å². The fraction of sp³-hybridized carbons (Fsp3) is 0.100. The normalized spacial score (nSPS) is 10.4. The summed E-state index contributed by atoms with van der Waals surface area (Å²) >= 11 is 0. The Hall–Kier alpha value is -2.74. The van der Waals surface area contributed by atoms with E-state index < -0.39 is 0 Å². The van der Waals surface area contributed by atoms with Gasteiger partial charge in [0.15, 0.2) is 12.4 Å². The maximum atomic E-state index is 12.2. The van der Waals surface area contributed by atoms with E-state index in [-0.39, 0.29) is 5.78 Å². The third-order valence-electron chi connectivity index (χ3n) is 3.70. The summed E-state index contributed by atoms with van der Waals surface area (Å²) in [5, 5.41) is 0. The molecule has 108 valence electrons. The van der Waals surface area contributed by atoms with Crippen LogP contribution in [0.15, 0.2) is 79.1 Å². The molecule has 0 N–H and O–H groups in total. The van der Waals surface area contributed by atoms with E-state index in [0.29, 0.717) is 6.54 Å². The molecule has 0 spiro atoms. The first-order valence-electron chi connectivity index (χ1n) is 7.37. The van der Waals surface area contributed by atoms with E-state index in [1.54, 1.807) is 0 Å². The van der Waals surface area contributed by atoms with Gasteiger partial charge in [0.2, 0.25) is 12.3 Å². The van der Waals surface area contributed by atoms with Crippen molar-refractivity contribution >= 4 is 5.78 Å². The number of benzene rings is 2. The summed E-state index contributed by atoms with van der Waals surface area (Å²) in [6.45, 7) is 2.44. The molecule has 0 saturated heterocycles. The number of carbonyl (C=O) groups is 1. The van der Waals surface area contributed by atoms with Gasteiger partial charge in [0.1, 0.15) is 0 Å². The van der Waals surface area contributed by atoms with Gasteiger partial charge < -0.3 is 0 Å². The van der Waals surface area contributed by atoms with Crippen LogP contribution in [-0.4, -0.2) is 5.78 Å². The molecule has 0 atom stereocenters. The van der Waals surface area contributed by atoms with Crippen LogP contribution in [0.2, 0.25) is 0 Å². The predicted octanol–water partition coefficient (Wildman–Crippen LogP) is 3.83. The Morgan fingerprint density at radius 2 is 1.41 bits per heavy atom. The van der Waals surface area contributed by atoms with Crippen molar-refractivity contribution in [1.82, 2.24) is 0 Å². The standard InChI is InChI=1S/C20H18NO/c1-16-7-9-17(10-8-16)18-11-13-21(14-12-18)15-20(22)19-5-3-2-4-6-19/h2-14H,15H2,1H3/q+1. The highest BCUT2D eigenvalue weighted by molar-refractivity contribution is 5.94. The molecule has 0 unspecified atom stereocenters. The molecule has 2 nitrogen and oxygen atoms in total. The van der Waals surface area contributed by atoms with Crippen LogP contribution in [0.25, 0.3) is 11.1 Å². The summed E-state index contributed by atoms with van der Waals surface area (Å²) in [6.07, 6.45) is 3.91. The van der Waals surface area contributed by atoms with Crippen molar-refractivity contribution in [3.05, 3.63) is 90.3 Å². The van der Waals surface area contributed by atoms with Gasteiger partial charge in [-0.15, -0.1) is 0 Å². The minimum Gasteiger partial charge on any atom is -0.287 e. The lowest BCUT2D eigenvalue weighted by atomic mass is 10.1. The van der Waals surface area contributed by atoms with E-state index in [2.05, 4.69) is 31.2 Å². The number of hydrogen-bond acceptors (Lipinski definition) is 1. The van der Waals surface area contributed by atoms with Crippen LogP contribution in [0.3, 0.4) is 0 Å². The van der Waals surface area contributed by atoms with Crippen molar-refractivity contribution in [2.45, 2.75) is 13.5 Å². The van der Waals surface area contributed by atoms with Crippen LogP contribution >= 0.6 is 0 Å². The first-order chi connectivity index (χ1) is 10.7. The number of carbonyl (C=O) groups excluding carboxylic acids is 1. The van der Waals surface area contributed by atoms with Gasteiger partial charge in [-0.05, 0) is 18.1 Å². The average molecular weight is 288 g/mol. The Labute approximate surface area is 130 Å². The summed E-state index contributed by atoms with van der Waals surface area (Å²) < 4.78 is 1.91. The molecule has 22 heavy (non-hydrogen) atoms. The van der Waals surface area contributed by atoms with E-state index in [1.165, 1.54) is 11.1 Å². The summed E-state index contributed by atoms with van der Waals surface area (Å²) in [7, 11) is 0. The van der Waals surface area contributed by atoms with Crippen LogP contribution in [0.4, 0.5) is 0 Å². The topological polar surface area (TPSA) is 20.9 Å². The van der Waals surface area contributed by atoms with Crippen molar-refractivity contribution in [3.63, 3.8) is 0 Å². The van der Waals surface area contributed by atoms with Gasteiger partial charge in [0, 0.05) is 17.7 Å². The van der Waals surface area contributed by atoms with Crippen molar-refractivity contribution < 1.29 is 9.36 Å². The Morgan fingerprint density at radius 3 is 2.05 bits per heavy atom. The summed E-state index contributed by atoms with van der Waals surface area (Å²) in [5.74, 6) is 0.119. The van der Waals surface area contributed by atoms with Crippen molar-refractivity contribution in [1.29, 1.82) is 0 Å². The van der Waals surface area contributed by atoms with E-state index in [4.69, 9.17) is 0 Å². The number of rotatable bonds is 4. The number of aromatic nitrogens is 1. The molecule has 0 bridgehead atoms. The Balaban J connectivity index is 1.74. The predicted molar refractivity (Wildman–Crippen MR) is 87.6 cm³/mol. The minimum atomic E-state index is 0.119. The van der Waals surface area contributed by atoms with Gasteiger partial charge in [-0.2, -0.15) is 4.57 Å². The second-order valence-corrected chi connectivity index (χ2v) is 5.41. The average Bonchev–Trinajstić information content (AvgIpc) is 2.57. The van der Waals surface area contributed by atoms with Crippen molar-refractivity contribution in [2.75, 3.05) is 0 Å². The second kappa shape index (κ2) is 6.35. The van der Waals surface area contributed by atoms with Gasteiger partial charge in [-0.1, -0.05) is 60.2 Å². The zero-order valence-corrected chi connectivity index (χ0v) is 12.6. The van der Waals surface area contributed by atoms with Crippen molar-refractivity contribution in [2.24, 2.45) is 0 Å². The lowest BCUT2D eigenvalue weighted by molar-refractivity contribution is -0.683. The molecule has 3 rings (SSSR count). The van der Waals surface area contributed by atoms with E-state index in [1.807, 2.05) is 59.4 Å². The molecular weight excluding hydrogens is 270 g/mol. The fourth-order valence-corrected chi connectivity index (χ4v) is 2.38. The monoisotopic (exact) mass is 288 g/mol. The van der Waals surface area contributed by atoms with Crippen LogP contribution in [0, 0.1) is 6.92 Å². The molecule has 0 fully saturated rings. The molecule has 0 aliphatic heterocycles. The highest BCUT2D eigenvalue weighted by Gasteiger charge is 2.11. The Bertz CT molecular complexity index is 759. The molecule has 3 aromatic rings. The number of aryl methyl sites for hydroxylation is 1. The van der Waals surface area contributed by atoms with Gasteiger partial charge >= 0.3 is 0 Å². The highest BCUT2D eigenvalue weighted by Crippen LogP contribution is 2.18. The quantitative estimate of drug-likeness (QED) is 0.528. The fourth-order valence-electron chi connectivity index (χ4n) is 2.38. The van der Waals surface area contributed by atoms with Crippen molar-refractivity contribution in [3.8, 4) is 11.1 Å². The van der Waals surface area contributed by atoms with E-state index in [9.17, 15) is 4.79 Å². The Morgan fingerprint density at radius 1 is 0.818 bits per heavy atom. The summed E-state index contributed by atoms with van der Waals surface area (Å²) in [4.78, 5) is 12.2. The second-order valence-electron chi connectivity index (χ2n) is 5.41. The number of ketones is 1. The van der Waals surface area contributed by atoms with E-state index in [0.717, 1.165) is 11.1 Å². The maximum absolute atomic E-state index is 12.2. The lowest BCUT2D eigenvalue weighted by Gasteiger charge is -2.02. The lowest BCUT2D eigenvalue weighted by Crippen LogP contribution is -2.37. The zero-order chi connectivity index (χ0) is 15.4. The first kappa shape index (κ1) is 14.2. The minimum absolute atomic E-state index is 0.119. The smallest absolute Gasteiger partial charge is 0.227 e. The van der Waals surface area contributed by atoms with Crippen LogP contribution in [0.1, 0.15) is 15.9 Å². The molecule has 2 aromatic carbocycles. The Kier molecular flexibility index (Phi) is 4.10. The third kappa shape index (κ3) is 3.29. The molecule has 0 aliphatic rings. The van der Waals surface area contributed by atoms with Gasteiger partial charge in [0.25, 0.3) is 0 Å². The molecule has 0 amide bonds. The number of hydrogen-bond donors (Lipinski definition) is 0. The number of pyridine rings is 1. The SMILES string of the molecule is Cc1ccc(-c2cc[n+](CC(=O)c3ccccc3)cc2)cc1. The highest BCUT2D eigenvalue weighted by atomic mass is 16.1. The van der Waals surface area contributed by atoms with Gasteiger partial charge in [-0.3, -0.25) is 4.79 Å². The first-order valence-corrected chi connectivity index (χ1v) is 7.37. The summed E-state index contributed by atoms with van der Waals surface area (Å²) in [6, 6.07) is 21.9.